The smallest absolute Gasteiger partial charge is 0.178 e. The van der Waals surface area contributed by atoms with Crippen LogP contribution in [0.2, 0.25) is 0 Å². The summed E-state index contributed by atoms with van der Waals surface area (Å²) in [6, 6.07) is 3.86. The fraction of sp³-hybridized carbons (Fsp3) is 0.308. The van der Waals surface area contributed by atoms with Gasteiger partial charge in [0, 0.05) is 29.7 Å². The van der Waals surface area contributed by atoms with Crippen molar-refractivity contribution >= 4 is 0 Å². The molecule has 4 nitrogen and oxygen atoms in total. The van der Waals surface area contributed by atoms with E-state index in [0.29, 0.717) is 5.82 Å². The van der Waals surface area contributed by atoms with E-state index < -0.39 is 0 Å². The second kappa shape index (κ2) is 4.59. The molecule has 17 heavy (non-hydrogen) atoms. The third-order valence-corrected chi connectivity index (χ3v) is 2.73. The van der Waals surface area contributed by atoms with E-state index in [9.17, 15) is 0 Å². The molecule has 2 aromatic heterocycles. The van der Waals surface area contributed by atoms with Crippen molar-refractivity contribution in [2.45, 2.75) is 26.8 Å². The third kappa shape index (κ3) is 2.31. The molecular weight excluding hydrogens is 212 g/mol. The first-order valence-electron chi connectivity index (χ1n) is 5.60. The Morgan fingerprint density at radius 2 is 2.00 bits per heavy atom. The number of nitrogens with zero attached hydrogens (tertiary/aromatic N) is 3. The normalized spacial score (nSPS) is 12.5. The number of hydrogen-bond acceptors (Lipinski definition) is 4. The van der Waals surface area contributed by atoms with Gasteiger partial charge in [0.1, 0.15) is 5.69 Å². The van der Waals surface area contributed by atoms with Crippen molar-refractivity contribution in [1.29, 1.82) is 0 Å². The van der Waals surface area contributed by atoms with Gasteiger partial charge in [-0.25, -0.2) is 9.97 Å². The quantitative estimate of drug-likeness (QED) is 0.855. The molecule has 0 amide bonds. The van der Waals surface area contributed by atoms with E-state index in [-0.39, 0.29) is 6.04 Å². The molecule has 0 aliphatic carbocycles. The molecule has 2 rings (SSSR count). The van der Waals surface area contributed by atoms with Crippen molar-refractivity contribution < 1.29 is 0 Å². The molecular formula is C13H16N4. The summed E-state index contributed by atoms with van der Waals surface area (Å²) < 4.78 is 0. The fourth-order valence-electron chi connectivity index (χ4n) is 1.76. The molecule has 0 aliphatic heterocycles. The zero-order valence-corrected chi connectivity index (χ0v) is 10.3. The predicted octanol–water partition coefficient (Wildman–Crippen LogP) is 2.18. The monoisotopic (exact) mass is 228 g/mol. The second-order valence-electron chi connectivity index (χ2n) is 4.19. The molecule has 2 heterocycles. The van der Waals surface area contributed by atoms with Crippen LogP contribution in [-0.2, 0) is 0 Å². The number of aromatic nitrogens is 3. The Morgan fingerprint density at radius 1 is 1.24 bits per heavy atom. The van der Waals surface area contributed by atoms with Gasteiger partial charge in [0.2, 0.25) is 0 Å². The van der Waals surface area contributed by atoms with Crippen LogP contribution in [0.4, 0.5) is 0 Å². The van der Waals surface area contributed by atoms with Crippen LogP contribution in [0.1, 0.15) is 29.8 Å². The van der Waals surface area contributed by atoms with E-state index in [4.69, 9.17) is 5.73 Å². The summed E-state index contributed by atoms with van der Waals surface area (Å²) in [4.78, 5) is 13.1. The summed E-state index contributed by atoms with van der Waals surface area (Å²) in [7, 11) is 0. The van der Waals surface area contributed by atoms with Crippen LogP contribution in [-0.4, -0.2) is 15.0 Å². The maximum absolute atomic E-state index is 5.84. The highest BCUT2D eigenvalue weighted by atomic mass is 14.9. The summed E-state index contributed by atoms with van der Waals surface area (Å²) in [6.45, 7) is 5.88. The van der Waals surface area contributed by atoms with Crippen LogP contribution in [0.5, 0.6) is 0 Å². The van der Waals surface area contributed by atoms with Crippen molar-refractivity contribution in [2.24, 2.45) is 5.73 Å². The molecule has 0 fully saturated rings. The molecule has 0 radical (unpaired) electrons. The minimum atomic E-state index is -0.0473. The first kappa shape index (κ1) is 11.7. The van der Waals surface area contributed by atoms with E-state index in [2.05, 4.69) is 15.0 Å². The highest BCUT2D eigenvalue weighted by Crippen LogP contribution is 2.19. The highest BCUT2D eigenvalue weighted by molar-refractivity contribution is 5.54. The number of hydrogen-bond donors (Lipinski definition) is 1. The van der Waals surface area contributed by atoms with Crippen LogP contribution in [0.25, 0.3) is 11.5 Å². The highest BCUT2D eigenvalue weighted by Gasteiger charge is 2.10. The van der Waals surface area contributed by atoms with E-state index in [1.807, 2.05) is 32.9 Å². The average molecular weight is 228 g/mol. The summed E-state index contributed by atoms with van der Waals surface area (Å²) in [6.07, 6.45) is 3.54. The maximum Gasteiger partial charge on any atom is 0.178 e. The minimum absolute atomic E-state index is 0.0473. The molecule has 4 heteroatoms. The van der Waals surface area contributed by atoms with Crippen molar-refractivity contribution in [3.05, 3.63) is 41.3 Å². The topological polar surface area (TPSA) is 64.7 Å². The Labute approximate surface area is 101 Å². The molecule has 0 bridgehead atoms. The van der Waals surface area contributed by atoms with E-state index in [1.54, 1.807) is 12.4 Å². The Bertz CT molecular complexity index is 535. The molecule has 0 aliphatic rings. The summed E-state index contributed by atoms with van der Waals surface area (Å²) in [5, 5.41) is 0. The lowest BCUT2D eigenvalue weighted by molar-refractivity contribution is 0.789. The lowest BCUT2D eigenvalue weighted by Gasteiger charge is -2.10. The number of aryl methyl sites for hydroxylation is 2. The number of pyridine rings is 1. The Morgan fingerprint density at radius 3 is 2.59 bits per heavy atom. The largest absolute Gasteiger partial charge is 0.324 e. The first-order chi connectivity index (χ1) is 8.09. The molecule has 1 unspecified atom stereocenters. The van der Waals surface area contributed by atoms with Gasteiger partial charge in [0.15, 0.2) is 5.82 Å². The van der Waals surface area contributed by atoms with Crippen molar-refractivity contribution in [2.75, 3.05) is 0 Å². The van der Waals surface area contributed by atoms with Gasteiger partial charge in [-0.2, -0.15) is 0 Å². The molecule has 1 atom stereocenters. The van der Waals surface area contributed by atoms with Gasteiger partial charge in [0.25, 0.3) is 0 Å². The molecule has 0 spiro atoms. The number of rotatable bonds is 2. The van der Waals surface area contributed by atoms with Gasteiger partial charge in [-0.05, 0) is 32.4 Å². The summed E-state index contributed by atoms with van der Waals surface area (Å²) in [5.74, 6) is 0.657. The van der Waals surface area contributed by atoms with Crippen LogP contribution in [0.15, 0.2) is 24.5 Å². The second-order valence-corrected chi connectivity index (χ2v) is 4.19. The minimum Gasteiger partial charge on any atom is -0.324 e. The van der Waals surface area contributed by atoms with E-state index in [1.165, 1.54) is 0 Å². The third-order valence-electron chi connectivity index (χ3n) is 2.73. The molecule has 88 valence electrons. The van der Waals surface area contributed by atoms with Crippen molar-refractivity contribution in [3.8, 4) is 11.5 Å². The lowest BCUT2D eigenvalue weighted by Crippen LogP contribution is -2.09. The van der Waals surface area contributed by atoms with Gasteiger partial charge in [-0.3, -0.25) is 4.98 Å². The summed E-state index contributed by atoms with van der Waals surface area (Å²) >= 11 is 0. The predicted molar refractivity (Wildman–Crippen MR) is 67.3 cm³/mol. The first-order valence-corrected chi connectivity index (χ1v) is 5.60. The fourth-order valence-corrected chi connectivity index (χ4v) is 1.76. The van der Waals surface area contributed by atoms with Gasteiger partial charge in [-0.15, -0.1) is 0 Å². The Hall–Kier alpha value is -1.81. The standard InChI is InChI=1S/C13H16N4/c1-8-5-4-6-15-12(8)13-16-7-11(9(2)14)10(3)17-13/h4-7,9H,14H2,1-3H3. The maximum atomic E-state index is 5.84. The van der Waals surface area contributed by atoms with Gasteiger partial charge >= 0.3 is 0 Å². The Kier molecular flexibility index (Phi) is 3.15. The van der Waals surface area contributed by atoms with Crippen LogP contribution in [0, 0.1) is 13.8 Å². The molecule has 0 aromatic carbocycles. The molecule has 2 N–H and O–H groups in total. The SMILES string of the molecule is Cc1cccnc1-c1ncc(C(C)N)c(C)n1. The number of nitrogens with two attached hydrogens (primary N) is 1. The molecule has 0 saturated carbocycles. The van der Waals surface area contributed by atoms with Crippen LogP contribution < -0.4 is 5.73 Å². The average Bonchev–Trinajstić information content (AvgIpc) is 2.29. The van der Waals surface area contributed by atoms with E-state index in [0.717, 1.165) is 22.5 Å². The van der Waals surface area contributed by atoms with E-state index >= 15 is 0 Å². The lowest BCUT2D eigenvalue weighted by atomic mass is 10.1. The van der Waals surface area contributed by atoms with Gasteiger partial charge < -0.3 is 5.73 Å². The van der Waals surface area contributed by atoms with Crippen molar-refractivity contribution in [3.63, 3.8) is 0 Å². The van der Waals surface area contributed by atoms with Gasteiger partial charge in [-0.1, -0.05) is 6.07 Å². The van der Waals surface area contributed by atoms with Crippen LogP contribution >= 0.6 is 0 Å². The van der Waals surface area contributed by atoms with Crippen molar-refractivity contribution in [1.82, 2.24) is 15.0 Å². The van der Waals surface area contributed by atoms with Crippen LogP contribution in [0.3, 0.4) is 0 Å². The Balaban J connectivity index is 2.49. The zero-order valence-electron chi connectivity index (χ0n) is 10.3. The van der Waals surface area contributed by atoms with Gasteiger partial charge in [0.05, 0.1) is 0 Å². The zero-order chi connectivity index (χ0) is 12.4. The molecule has 0 saturated heterocycles. The summed E-state index contributed by atoms with van der Waals surface area (Å²) in [5.41, 5.74) is 9.62. The molecule has 2 aromatic rings.